The number of rotatable bonds is 3. The van der Waals surface area contributed by atoms with E-state index in [0.29, 0.717) is 11.3 Å². The van der Waals surface area contributed by atoms with Gasteiger partial charge >= 0.3 is 0 Å². The van der Waals surface area contributed by atoms with Gasteiger partial charge in [-0.2, -0.15) is 5.10 Å². The van der Waals surface area contributed by atoms with Gasteiger partial charge < -0.3 is 15.6 Å². The van der Waals surface area contributed by atoms with Crippen molar-refractivity contribution in [2.75, 3.05) is 7.11 Å². The second-order valence-corrected chi connectivity index (χ2v) is 3.10. The number of phenols is 1. The summed E-state index contributed by atoms with van der Waals surface area (Å²) in [5, 5.41) is 13.1. The Morgan fingerprint density at radius 1 is 1.67 bits per heavy atom. The first-order valence-corrected chi connectivity index (χ1v) is 4.50. The molecule has 0 amide bonds. The maximum atomic E-state index is 9.20. The summed E-state index contributed by atoms with van der Waals surface area (Å²) in [5.41, 5.74) is 8.31. The lowest BCUT2D eigenvalue weighted by atomic mass is 10.2. The standard InChI is InChI=1S/C9H11N3O2S/c1-14-8-4-7(13)3-2-6(8)5-11-12-9(10)15/h2-5,13H,1H3,(H3,10,12,15). The van der Waals surface area contributed by atoms with Crippen LogP contribution in [0.25, 0.3) is 0 Å². The second kappa shape index (κ2) is 5.16. The van der Waals surface area contributed by atoms with Crippen molar-refractivity contribution in [3.8, 4) is 11.5 Å². The molecule has 0 heterocycles. The first-order chi connectivity index (χ1) is 7.13. The van der Waals surface area contributed by atoms with Gasteiger partial charge in [-0.25, -0.2) is 0 Å². The van der Waals surface area contributed by atoms with Crippen LogP contribution in [0.5, 0.6) is 11.5 Å². The molecule has 0 bridgehead atoms. The highest BCUT2D eigenvalue weighted by Crippen LogP contribution is 2.21. The van der Waals surface area contributed by atoms with Crippen molar-refractivity contribution in [3.63, 3.8) is 0 Å². The van der Waals surface area contributed by atoms with Crippen molar-refractivity contribution < 1.29 is 9.84 Å². The molecule has 1 aromatic rings. The van der Waals surface area contributed by atoms with Crippen molar-refractivity contribution in [3.05, 3.63) is 23.8 Å². The number of hydrazone groups is 1. The number of phenolic OH excluding ortho intramolecular Hbond substituents is 1. The van der Waals surface area contributed by atoms with E-state index in [1.54, 1.807) is 6.07 Å². The normalized spacial score (nSPS) is 10.2. The summed E-state index contributed by atoms with van der Waals surface area (Å²) < 4.78 is 5.04. The van der Waals surface area contributed by atoms with Crippen LogP contribution < -0.4 is 15.9 Å². The fraction of sp³-hybridized carbons (Fsp3) is 0.111. The first kappa shape index (κ1) is 11.3. The van der Waals surface area contributed by atoms with Crippen LogP contribution in [0.3, 0.4) is 0 Å². The van der Waals surface area contributed by atoms with Crippen LogP contribution in [-0.4, -0.2) is 23.5 Å². The Labute approximate surface area is 92.5 Å². The van der Waals surface area contributed by atoms with Crippen molar-refractivity contribution in [1.29, 1.82) is 0 Å². The van der Waals surface area contributed by atoms with Gasteiger partial charge in [0, 0.05) is 11.6 Å². The average molecular weight is 225 g/mol. The second-order valence-electron chi connectivity index (χ2n) is 2.66. The maximum absolute atomic E-state index is 9.20. The molecular formula is C9H11N3O2S. The van der Waals surface area contributed by atoms with Gasteiger partial charge in [0.1, 0.15) is 11.5 Å². The minimum atomic E-state index is 0.0870. The molecule has 0 saturated heterocycles. The van der Waals surface area contributed by atoms with Gasteiger partial charge in [-0.15, -0.1) is 0 Å². The van der Waals surface area contributed by atoms with Crippen molar-refractivity contribution in [1.82, 2.24) is 5.43 Å². The molecule has 0 atom stereocenters. The van der Waals surface area contributed by atoms with Crippen LogP contribution in [-0.2, 0) is 0 Å². The van der Waals surface area contributed by atoms with Crippen LogP contribution in [0, 0.1) is 0 Å². The van der Waals surface area contributed by atoms with Crippen molar-refractivity contribution >= 4 is 23.5 Å². The largest absolute Gasteiger partial charge is 0.508 e. The number of hydrogen-bond donors (Lipinski definition) is 3. The van der Waals surface area contributed by atoms with Crippen LogP contribution in [0.1, 0.15) is 5.56 Å². The lowest BCUT2D eigenvalue weighted by Crippen LogP contribution is -2.24. The van der Waals surface area contributed by atoms with E-state index in [9.17, 15) is 5.11 Å². The van der Waals surface area contributed by atoms with Crippen LogP contribution in [0.2, 0.25) is 0 Å². The summed E-state index contributed by atoms with van der Waals surface area (Å²) in [6.07, 6.45) is 1.50. The molecule has 0 saturated carbocycles. The Morgan fingerprint density at radius 2 is 2.40 bits per heavy atom. The number of ether oxygens (including phenoxy) is 1. The Balaban J connectivity index is 2.84. The zero-order chi connectivity index (χ0) is 11.3. The van der Waals surface area contributed by atoms with E-state index in [1.807, 2.05) is 0 Å². The minimum absolute atomic E-state index is 0.0870. The number of nitrogens with one attached hydrogen (secondary N) is 1. The molecule has 15 heavy (non-hydrogen) atoms. The minimum Gasteiger partial charge on any atom is -0.508 e. The topological polar surface area (TPSA) is 79.9 Å². The third-order valence-electron chi connectivity index (χ3n) is 1.60. The summed E-state index contributed by atoms with van der Waals surface area (Å²) >= 11 is 4.57. The summed E-state index contributed by atoms with van der Waals surface area (Å²) in [6.45, 7) is 0. The first-order valence-electron chi connectivity index (χ1n) is 4.09. The highest BCUT2D eigenvalue weighted by Gasteiger charge is 2.00. The smallest absolute Gasteiger partial charge is 0.184 e. The Kier molecular flexibility index (Phi) is 3.87. The predicted octanol–water partition coefficient (Wildman–Crippen LogP) is 0.568. The van der Waals surface area contributed by atoms with E-state index in [1.165, 1.54) is 25.5 Å². The summed E-state index contributed by atoms with van der Waals surface area (Å²) in [6, 6.07) is 4.69. The molecule has 0 fully saturated rings. The number of benzene rings is 1. The fourth-order valence-corrected chi connectivity index (χ4v) is 1.02. The SMILES string of the molecule is COc1cc(O)ccc1C=NNC(N)=S. The molecule has 0 unspecified atom stereocenters. The molecule has 0 aliphatic rings. The predicted molar refractivity (Wildman–Crippen MR) is 62.2 cm³/mol. The van der Waals surface area contributed by atoms with Gasteiger partial charge in [0.05, 0.1) is 13.3 Å². The molecule has 4 N–H and O–H groups in total. The molecular weight excluding hydrogens is 214 g/mol. The monoisotopic (exact) mass is 225 g/mol. The molecule has 0 aromatic heterocycles. The van der Waals surface area contributed by atoms with Crippen LogP contribution in [0.15, 0.2) is 23.3 Å². The lowest BCUT2D eigenvalue weighted by Gasteiger charge is -2.04. The Hall–Kier alpha value is -1.82. The van der Waals surface area contributed by atoms with Gasteiger partial charge in [-0.1, -0.05) is 0 Å². The molecule has 0 radical (unpaired) electrons. The van der Waals surface area contributed by atoms with E-state index in [0.717, 1.165) is 0 Å². The average Bonchev–Trinajstić information content (AvgIpc) is 2.19. The van der Waals surface area contributed by atoms with E-state index >= 15 is 0 Å². The molecule has 6 heteroatoms. The molecule has 0 spiro atoms. The van der Waals surface area contributed by atoms with Gasteiger partial charge in [0.25, 0.3) is 0 Å². The van der Waals surface area contributed by atoms with Gasteiger partial charge in [0.15, 0.2) is 5.11 Å². The van der Waals surface area contributed by atoms with Gasteiger partial charge in [0.2, 0.25) is 0 Å². The van der Waals surface area contributed by atoms with Gasteiger partial charge in [-0.3, -0.25) is 5.43 Å². The number of hydrogen-bond acceptors (Lipinski definition) is 4. The molecule has 1 rings (SSSR count). The number of methoxy groups -OCH3 is 1. The third-order valence-corrected chi connectivity index (χ3v) is 1.69. The van der Waals surface area contributed by atoms with Crippen LogP contribution >= 0.6 is 12.2 Å². The highest BCUT2D eigenvalue weighted by molar-refractivity contribution is 7.80. The van der Waals surface area contributed by atoms with E-state index in [2.05, 4.69) is 22.7 Å². The van der Waals surface area contributed by atoms with E-state index in [4.69, 9.17) is 10.5 Å². The van der Waals surface area contributed by atoms with Crippen LogP contribution in [0.4, 0.5) is 0 Å². The Morgan fingerprint density at radius 3 is 3.00 bits per heavy atom. The van der Waals surface area contributed by atoms with Crippen molar-refractivity contribution in [2.45, 2.75) is 0 Å². The molecule has 0 aliphatic carbocycles. The maximum Gasteiger partial charge on any atom is 0.184 e. The molecule has 1 aromatic carbocycles. The summed E-state index contributed by atoms with van der Waals surface area (Å²) in [5.74, 6) is 0.648. The number of nitrogens with two attached hydrogens (primary N) is 1. The quantitative estimate of drug-likeness (QED) is 0.398. The summed E-state index contributed by atoms with van der Waals surface area (Å²) in [7, 11) is 1.51. The molecule has 0 aliphatic heterocycles. The molecule has 5 nitrogen and oxygen atoms in total. The third kappa shape index (κ3) is 3.43. The highest BCUT2D eigenvalue weighted by atomic mass is 32.1. The number of nitrogens with zero attached hydrogens (tertiary/aromatic N) is 1. The van der Waals surface area contributed by atoms with E-state index in [-0.39, 0.29) is 10.9 Å². The fourth-order valence-electron chi connectivity index (χ4n) is 0.972. The lowest BCUT2D eigenvalue weighted by molar-refractivity contribution is 0.407. The summed E-state index contributed by atoms with van der Waals surface area (Å²) in [4.78, 5) is 0. The number of aromatic hydroxyl groups is 1. The Bertz CT molecular complexity index is 393. The number of thiocarbonyl (C=S) groups is 1. The van der Waals surface area contributed by atoms with Crippen molar-refractivity contribution in [2.24, 2.45) is 10.8 Å². The van der Waals surface area contributed by atoms with E-state index < -0.39 is 0 Å². The van der Waals surface area contributed by atoms with Gasteiger partial charge in [-0.05, 0) is 24.4 Å². The zero-order valence-corrected chi connectivity index (χ0v) is 8.91. The zero-order valence-electron chi connectivity index (χ0n) is 8.10. The molecule has 80 valence electrons.